The fourth-order valence-corrected chi connectivity index (χ4v) is 5.69. The van der Waals surface area contributed by atoms with E-state index in [9.17, 15) is 4.79 Å². The Labute approximate surface area is 173 Å². The SMILES string of the molecule is O=C(N1CCOCC1)N1CCN([C@@H]2C[C@@H]3CO[C@H](c4ccccc4)C[C@@H]3C2)CC1. The first kappa shape index (κ1) is 19.3. The van der Waals surface area contributed by atoms with Gasteiger partial charge in [-0.1, -0.05) is 30.3 Å². The van der Waals surface area contributed by atoms with Crippen molar-refractivity contribution >= 4 is 6.03 Å². The van der Waals surface area contributed by atoms with Crippen molar-refractivity contribution in [1.29, 1.82) is 0 Å². The molecule has 0 unspecified atom stereocenters. The normalized spacial score (nSPS) is 33.5. The highest BCUT2D eigenvalue weighted by atomic mass is 16.5. The van der Waals surface area contributed by atoms with Crippen LogP contribution in [0.4, 0.5) is 4.79 Å². The summed E-state index contributed by atoms with van der Waals surface area (Å²) in [7, 11) is 0. The lowest BCUT2D eigenvalue weighted by atomic mass is 9.86. The maximum absolute atomic E-state index is 12.7. The highest BCUT2D eigenvalue weighted by molar-refractivity contribution is 5.74. The largest absolute Gasteiger partial charge is 0.378 e. The second-order valence-corrected chi connectivity index (χ2v) is 9.02. The molecule has 0 N–H and O–H groups in total. The van der Waals surface area contributed by atoms with Gasteiger partial charge in [0.05, 0.1) is 25.9 Å². The number of amides is 2. The number of nitrogens with zero attached hydrogens (tertiary/aromatic N) is 3. The molecule has 1 aromatic carbocycles. The van der Waals surface area contributed by atoms with Crippen molar-refractivity contribution in [3.05, 3.63) is 35.9 Å². The zero-order valence-corrected chi connectivity index (χ0v) is 17.2. The molecule has 2 amide bonds. The van der Waals surface area contributed by atoms with E-state index in [0.717, 1.165) is 58.2 Å². The van der Waals surface area contributed by atoms with Crippen LogP contribution in [0.25, 0.3) is 0 Å². The molecule has 4 atom stereocenters. The van der Waals surface area contributed by atoms with Crippen LogP contribution < -0.4 is 0 Å². The summed E-state index contributed by atoms with van der Waals surface area (Å²) in [5.74, 6) is 1.47. The van der Waals surface area contributed by atoms with Crippen LogP contribution in [0.5, 0.6) is 0 Å². The average molecular weight is 400 g/mol. The van der Waals surface area contributed by atoms with Crippen molar-refractivity contribution in [3.8, 4) is 0 Å². The first-order chi connectivity index (χ1) is 14.3. The van der Waals surface area contributed by atoms with Crippen LogP contribution in [-0.2, 0) is 9.47 Å². The van der Waals surface area contributed by atoms with Crippen LogP contribution in [0, 0.1) is 11.8 Å². The number of hydrogen-bond acceptors (Lipinski definition) is 4. The molecule has 5 rings (SSSR count). The van der Waals surface area contributed by atoms with E-state index in [-0.39, 0.29) is 12.1 Å². The van der Waals surface area contributed by atoms with Gasteiger partial charge >= 0.3 is 6.03 Å². The molecule has 6 heteroatoms. The Bertz CT molecular complexity index is 686. The molecule has 158 valence electrons. The highest BCUT2D eigenvalue weighted by Gasteiger charge is 2.42. The molecule has 29 heavy (non-hydrogen) atoms. The van der Waals surface area contributed by atoms with Crippen molar-refractivity contribution < 1.29 is 14.3 Å². The highest BCUT2D eigenvalue weighted by Crippen LogP contribution is 2.45. The summed E-state index contributed by atoms with van der Waals surface area (Å²) in [5.41, 5.74) is 1.32. The summed E-state index contributed by atoms with van der Waals surface area (Å²) >= 11 is 0. The van der Waals surface area contributed by atoms with Gasteiger partial charge in [-0.2, -0.15) is 0 Å². The Morgan fingerprint density at radius 2 is 1.52 bits per heavy atom. The van der Waals surface area contributed by atoms with Gasteiger partial charge in [0.15, 0.2) is 0 Å². The van der Waals surface area contributed by atoms with Gasteiger partial charge in [-0.25, -0.2) is 4.79 Å². The van der Waals surface area contributed by atoms with Gasteiger partial charge in [-0.05, 0) is 36.7 Å². The quantitative estimate of drug-likeness (QED) is 0.767. The van der Waals surface area contributed by atoms with E-state index in [2.05, 4.69) is 35.2 Å². The number of piperazine rings is 1. The van der Waals surface area contributed by atoms with Crippen molar-refractivity contribution in [2.75, 3.05) is 59.1 Å². The topological polar surface area (TPSA) is 45.2 Å². The third-order valence-electron chi connectivity index (χ3n) is 7.40. The standard InChI is InChI=1S/C23H33N3O3/c27-23(26-10-12-28-13-11-26)25-8-6-24(7-9-25)21-14-19-16-22(29-17-20(19)15-21)18-4-2-1-3-5-18/h1-5,19-22H,6-17H2/t19-,20+,21-,22-/m0/s1. The monoisotopic (exact) mass is 399 g/mol. The fourth-order valence-electron chi connectivity index (χ4n) is 5.69. The van der Waals surface area contributed by atoms with Crippen LogP contribution in [0.3, 0.4) is 0 Å². The van der Waals surface area contributed by atoms with Crippen LogP contribution in [0.1, 0.15) is 30.9 Å². The molecular formula is C23H33N3O3. The van der Waals surface area contributed by atoms with E-state index in [4.69, 9.17) is 9.47 Å². The molecule has 3 heterocycles. The predicted molar refractivity (Wildman–Crippen MR) is 111 cm³/mol. The molecule has 4 fully saturated rings. The molecule has 3 saturated heterocycles. The molecule has 1 aliphatic carbocycles. The molecular weight excluding hydrogens is 366 g/mol. The van der Waals surface area contributed by atoms with E-state index in [0.29, 0.717) is 25.2 Å². The third kappa shape index (κ3) is 4.16. The number of hydrogen-bond donors (Lipinski definition) is 0. The van der Waals surface area contributed by atoms with Gasteiger partial charge < -0.3 is 19.3 Å². The van der Waals surface area contributed by atoms with Crippen molar-refractivity contribution in [2.24, 2.45) is 11.8 Å². The number of benzene rings is 1. The Hall–Kier alpha value is -1.63. The lowest BCUT2D eigenvalue weighted by molar-refractivity contribution is -0.0384. The molecule has 1 aromatic rings. The predicted octanol–water partition coefficient (Wildman–Crippen LogP) is 2.61. The van der Waals surface area contributed by atoms with Crippen molar-refractivity contribution in [1.82, 2.24) is 14.7 Å². The summed E-state index contributed by atoms with van der Waals surface area (Å²) in [4.78, 5) is 19.3. The summed E-state index contributed by atoms with van der Waals surface area (Å²) in [6.45, 7) is 7.41. The van der Waals surface area contributed by atoms with E-state index in [1.165, 1.54) is 18.4 Å². The van der Waals surface area contributed by atoms with Crippen LogP contribution in [0.2, 0.25) is 0 Å². The van der Waals surface area contributed by atoms with E-state index in [1.54, 1.807) is 0 Å². The van der Waals surface area contributed by atoms with Gasteiger partial charge in [0.25, 0.3) is 0 Å². The van der Waals surface area contributed by atoms with Crippen LogP contribution in [-0.4, -0.2) is 85.9 Å². The van der Waals surface area contributed by atoms with E-state index < -0.39 is 0 Å². The molecule has 0 aromatic heterocycles. The minimum atomic E-state index is 0.201. The number of fused-ring (bicyclic) bond motifs is 1. The maximum atomic E-state index is 12.7. The second kappa shape index (κ2) is 8.62. The summed E-state index contributed by atoms with van der Waals surface area (Å²) < 4.78 is 11.6. The number of carbonyl (C=O) groups excluding carboxylic acids is 1. The van der Waals surface area contributed by atoms with Gasteiger partial charge in [0.1, 0.15) is 0 Å². The Morgan fingerprint density at radius 3 is 2.28 bits per heavy atom. The Balaban J connectivity index is 1.12. The smallest absolute Gasteiger partial charge is 0.320 e. The van der Waals surface area contributed by atoms with Crippen molar-refractivity contribution in [3.63, 3.8) is 0 Å². The average Bonchev–Trinajstić information content (AvgIpc) is 3.23. The number of rotatable bonds is 2. The van der Waals surface area contributed by atoms with Gasteiger partial charge in [0, 0.05) is 45.3 Å². The molecule has 0 spiro atoms. The molecule has 1 saturated carbocycles. The van der Waals surface area contributed by atoms with Gasteiger partial charge in [0.2, 0.25) is 0 Å². The minimum Gasteiger partial charge on any atom is -0.378 e. The zero-order chi connectivity index (χ0) is 19.6. The summed E-state index contributed by atoms with van der Waals surface area (Å²) in [5, 5.41) is 0. The zero-order valence-electron chi connectivity index (χ0n) is 17.2. The number of urea groups is 1. The van der Waals surface area contributed by atoms with Crippen LogP contribution >= 0.6 is 0 Å². The maximum Gasteiger partial charge on any atom is 0.320 e. The van der Waals surface area contributed by atoms with Gasteiger partial charge in [-0.3, -0.25) is 4.90 Å². The van der Waals surface area contributed by atoms with Gasteiger partial charge in [-0.15, -0.1) is 0 Å². The molecule has 6 nitrogen and oxygen atoms in total. The summed E-state index contributed by atoms with van der Waals surface area (Å²) in [6, 6.07) is 11.5. The van der Waals surface area contributed by atoms with Crippen LogP contribution in [0.15, 0.2) is 30.3 Å². The van der Waals surface area contributed by atoms with Crippen molar-refractivity contribution in [2.45, 2.75) is 31.4 Å². The number of morpholine rings is 1. The summed E-state index contributed by atoms with van der Waals surface area (Å²) in [6.07, 6.45) is 3.96. The Morgan fingerprint density at radius 1 is 0.828 bits per heavy atom. The van der Waals surface area contributed by atoms with E-state index >= 15 is 0 Å². The molecule has 3 aliphatic heterocycles. The second-order valence-electron chi connectivity index (χ2n) is 9.02. The molecule has 4 aliphatic rings. The first-order valence-corrected chi connectivity index (χ1v) is 11.3. The number of ether oxygens (including phenoxy) is 2. The fraction of sp³-hybridized carbons (Fsp3) is 0.696. The minimum absolute atomic E-state index is 0.201. The van der Waals surface area contributed by atoms with E-state index in [1.807, 2.05) is 9.80 Å². The number of carbonyl (C=O) groups is 1. The Kier molecular flexibility index (Phi) is 5.75. The third-order valence-corrected chi connectivity index (χ3v) is 7.40. The first-order valence-electron chi connectivity index (χ1n) is 11.3. The molecule has 0 radical (unpaired) electrons. The molecule has 0 bridgehead atoms. The lowest BCUT2D eigenvalue weighted by Gasteiger charge is -2.40. The lowest BCUT2D eigenvalue weighted by Crippen LogP contribution is -2.56.